The summed E-state index contributed by atoms with van der Waals surface area (Å²) in [5.74, 6) is 5.07. The Morgan fingerprint density at radius 2 is 2.00 bits per heavy atom. The monoisotopic (exact) mass is 267 g/mol. The van der Waals surface area contributed by atoms with E-state index in [1.54, 1.807) is 6.07 Å². The number of rotatable bonds is 4. The van der Waals surface area contributed by atoms with Crippen molar-refractivity contribution in [1.82, 2.24) is 20.2 Å². The molecule has 2 aromatic rings. The fraction of sp³-hybridized carbons (Fsp3) is 0. The van der Waals surface area contributed by atoms with E-state index in [-0.39, 0.29) is 16.7 Å². The molecule has 18 heavy (non-hydrogen) atoms. The van der Waals surface area contributed by atoms with E-state index >= 15 is 0 Å². The third-order valence-corrected chi connectivity index (χ3v) is 3.18. The number of hydrogen-bond acceptors (Lipinski definition) is 8. The molecular formula is C8H9N7O2S. The SMILES string of the molecule is NNc1cccnc1S(=O)(=O)Nc1nccnn1. The fourth-order valence-corrected chi connectivity index (χ4v) is 2.22. The summed E-state index contributed by atoms with van der Waals surface area (Å²) in [4.78, 5) is 7.45. The molecule has 2 aromatic heterocycles. The number of pyridine rings is 1. The zero-order chi connectivity index (χ0) is 13.0. The molecule has 0 aromatic carbocycles. The molecule has 0 unspecified atom stereocenters. The van der Waals surface area contributed by atoms with Crippen molar-refractivity contribution in [2.24, 2.45) is 5.84 Å². The first-order valence-corrected chi connectivity index (χ1v) is 6.20. The van der Waals surface area contributed by atoms with Crippen molar-refractivity contribution in [3.8, 4) is 0 Å². The minimum Gasteiger partial charge on any atom is -0.321 e. The van der Waals surface area contributed by atoms with Gasteiger partial charge in [-0.15, -0.1) is 5.10 Å². The molecule has 0 saturated carbocycles. The highest BCUT2D eigenvalue weighted by Gasteiger charge is 2.21. The van der Waals surface area contributed by atoms with E-state index in [2.05, 4.69) is 30.3 Å². The Kier molecular flexibility index (Phi) is 3.30. The third kappa shape index (κ3) is 2.49. The number of nitrogens with zero attached hydrogens (tertiary/aromatic N) is 4. The molecule has 0 fully saturated rings. The molecule has 0 amide bonds. The second kappa shape index (κ2) is 4.89. The van der Waals surface area contributed by atoms with E-state index in [1.165, 1.54) is 24.7 Å². The van der Waals surface area contributed by atoms with Gasteiger partial charge < -0.3 is 5.43 Å². The van der Waals surface area contributed by atoms with Crippen LogP contribution in [0.2, 0.25) is 0 Å². The molecule has 9 nitrogen and oxygen atoms in total. The van der Waals surface area contributed by atoms with Crippen LogP contribution < -0.4 is 16.0 Å². The predicted molar refractivity (Wildman–Crippen MR) is 62.7 cm³/mol. The molecule has 0 aliphatic heterocycles. The van der Waals surface area contributed by atoms with Crippen molar-refractivity contribution in [3.05, 3.63) is 30.7 Å². The van der Waals surface area contributed by atoms with Crippen LogP contribution in [0.5, 0.6) is 0 Å². The number of hydrogen-bond donors (Lipinski definition) is 3. The van der Waals surface area contributed by atoms with E-state index in [1.807, 2.05) is 0 Å². The average Bonchev–Trinajstić information content (AvgIpc) is 2.39. The molecule has 0 radical (unpaired) electrons. The lowest BCUT2D eigenvalue weighted by Gasteiger charge is -2.08. The quantitative estimate of drug-likeness (QED) is 0.491. The van der Waals surface area contributed by atoms with Gasteiger partial charge in [0.1, 0.15) is 0 Å². The second-order valence-electron chi connectivity index (χ2n) is 3.07. The van der Waals surface area contributed by atoms with E-state index in [4.69, 9.17) is 5.84 Å². The molecule has 0 bridgehead atoms. The maximum absolute atomic E-state index is 12.0. The van der Waals surface area contributed by atoms with Gasteiger partial charge in [-0.2, -0.15) is 13.5 Å². The number of anilines is 2. The predicted octanol–water partition coefficient (Wildman–Crippen LogP) is -0.647. The van der Waals surface area contributed by atoms with Crippen LogP contribution in [0.1, 0.15) is 0 Å². The molecule has 0 atom stereocenters. The lowest BCUT2D eigenvalue weighted by atomic mass is 10.4. The van der Waals surface area contributed by atoms with Gasteiger partial charge in [0.25, 0.3) is 16.0 Å². The van der Waals surface area contributed by atoms with Gasteiger partial charge in [0.2, 0.25) is 5.03 Å². The van der Waals surface area contributed by atoms with Gasteiger partial charge in [-0.05, 0) is 12.1 Å². The normalized spacial score (nSPS) is 10.9. The zero-order valence-corrected chi connectivity index (χ0v) is 9.79. The highest BCUT2D eigenvalue weighted by Crippen LogP contribution is 2.18. The summed E-state index contributed by atoms with van der Waals surface area (Å²) in [5.41, 5.74) is 2.41. The number of nitrogens with one attached hydrogen (secondary N) is 2. The van der Waals surface area contributed by atoms with Crippen molar-refractivity contribution >= 4 is 21.7 Å². The van der Waals surface area contributed by atoms with Gasteiger partial charge in [0.15, 0.2) is 0 Å². The second-order valence-corrected chi connectivity index (χ2v) is 4.67. The molecular weight excluding hydrogens is 258 g/mol. The molecule has 2 rings (SSSR count). The minimum atomic E-state index is -3.92. The Labute approximate surface area is 103 Å². The summed E-state index contributed by atoms with van der Waals surface area (Å²) in [6.07, 6.45) is 3.97. The van der Waals surface area contributed by atoms with Gasteiger partial charge in [0.05, 0.1) is 18.1 Å². The Balaban J connectivity index is 2.37. The van der Waals surface area contributed by atoms with Crippen LogP contribution in [-0.2, 0) is 10.0 Å². The molecule has 0 spiro atoms. The van der Waals surface area contributed by atoms with Gasteiger partial charge in [-0.1, -0.05) is 0 Å². The topological polar surface area (TPSA) is 136 Å². The Morgan fingerprint density at radius 1 is 1.17 bits per heavy atom. The molecule has 4 N–H and O–H groups in total. The Bertz CT molecular complexity index is 631. The lowest BCUT2D eigenvalue weighted by Crippen LogP contribution is -2.20. The van der Waals surface area contributed by atoms with Crippen molar-refractivity contribution in [2.45, 2.75) is 5.03 Å². The van der Waals surface area contributed by atoms with Crippen LogP contribution in [0.4, 0.5) is 11.6 Å². The third-order valence-electron chi connectivity index (χ3n) is 1.89. The van der Waals surface area contributed by atoms with Gasteiger partial charge in [-0.25, -0.2) is 14.7 Å². The van der Waals surface area contributed by atoms with Crippen LogP contribution in [0.25, 0.3) is 0 Å². The van der Waals surface area contributed by atoms with Crippen LogP contribution in [0.3, 0.4) is 0 Å². The summed E-state index contributed by atoms with van der Waals surface area (Å²) in [5, 5.41) is 6.77. The largest absolute Gasteiger partial charge is 0.321 e. The minimum absolute atomic E-state index is 0.147. The summed E-state index contributed by atoms with van der Waals surface area (Å²) in [6.45, 7) is 0. The number of nitrogen functional groups attached to an aromatic ring is 1. The summed E-state index contributed by atoms with van der Waals surface area (Å²) in [6, 6.07) is 3.03. The maximum atomic E-state index is 12.0. The highest BCUT2D eigenvalue weighted by atomic mass is 32.2. The first kappa shape index (κ1) is 12.1. The number of aromatic nitrogens is 4. The van der Waals surface area contributed by atoms with Crippen LogP contribution in [0.15, 0.2) is 35.7 Å². The van der Waals surface area contributed by atoms with Crippen LogP contribution in [-0.4, -0.2) is 28.6 Å². The van der Waals surface area contributed by atoms with E-state index in [0.717, 1.165) is 0 Å². The Morgan fingerprint density at radius 3 is 2.67 bits per heavy atom. The standard InChI is InChI=1S/C8H9N7O2S/c9-13-6-2-1-3-10-7(6)18(16,17)15-8-11-4-5-12-14-8/h1-5,13H,9H2,(H,11,14,15). The highest BCUT2D eigenvalue weighted by molar-refractivity contribution is 7.92. The first-order valence-electron chi connectivity index (χ1n) is 4.71. The van der Waals surface area contributed by atoms with Crippen LogP contribution >= 0.6 is 0 Å². The van der Waals surface area contributed by atoms with Gasteiger partial charge in [-0.3, -0.25) is 5.84 Å². The zero-order valence-electron chi connectivity index (χ0n) is 8.98. The molecule has 10 heteroatoms. The molecule has 94 valence electrons. The lowest BCUT2D eigenvalue weighted by molar-refractivity contribution is 0.597. The first-order chi connectivity index (χ1) is 8.63. The summed E-state index contributed by atoms with van der Waals surface area (Å²) < 4.78 is 26.1. The molecule has 2 heterocycles. The molecule has 0 aliphatic rings. The Hall–Kier alpha value is -2.33. The smallest absolute Gasteiger partial charge is 0.283 e. The van der Waals surface area contributed by atoms with E-state index in [0.29, 0.717) is 0 Å². The fourth-order valence-electron chi connectivity index (χ4n) is 1.18. The van der Waals surface area contributed by atoms with Crippen molar-refractivity contribution in [3.63, 3.8) is 0 Å². The maximum Gasteiger partial charge on any atom is 0.283 e. The van der Waals surface area contributed by atoms with E-state index in [9.17, 15) is 8.42 Å². The van der Waals surface area contributed by atoms with Crippen molar-refractivity contribution in [1.29, 1.82) is 0 Å². The molecule has 0 saturated heterocycles. The number of hydrazine groups is 1. The summed E-state index contributed by atoms with van der Waals surface area (Å²) in [7, 11) is -3.92. The van der Waals surface area contributed by atoms with Crippen molar-refractivity contribution in [2.75, 3.05) is 10.1 Å². The molecule has 0 aliphatic carbocycles. The average molecular weight is 267 g/mol. The summed E-state index contributed by atoms with van der Waals surface area (Å²) >= 11 is 0. The van der Waals surface area contributed by atoms with Crippen molar-refractivity contribution < 1.29 is 8.42 Å². The number of sulfonamides is 1. The van der Waals surface area contributed by atoms with Gasteiger partial charge in [0, 0.05) is 6.20 Å². The van der Waals surface area contributed by atoms with E-state index < -0.39 is 10.0 Å². The van der Waals surface area contributed by atoms with Gasteiger partial charge >= 0.3 is 0 Å². The van der Waals surface area contributed by atoms with Crippen LogP contribution in [0, 0.1) is 0 Å². The number of nitrogens with two attached hydrogens (primary N) is 1.